The van der Waals surface area contributed by atoms with E-state index in [0.29, 0.717) is 27.5 Å². The van der Waals surface area contributed by atoms with Crippen LogP contribution in [0.2, 0.25) is 0 Å². The summed E-state index contributed by atoms with van der Waals surface area (Å²) in [6.45, 7) is -0.757. The number of amides is 4. The van der Waals surface area contributed by atoms with Crippen LogP contribution >= 0.6 is 0 Å². The Morgan fingerprint density at radius 2 is 1.37 bits per heavy atom. The summed E-state index contributed by atoms with van der Waals surface area (Å²) in [5, 5.41) is 4.78. The minimum absolute atomic E-state index is 0.421. The highest BCUT2D eigenvalue weighted by atomic mass is 19.1. The molecular formula is C25H21F2N3O5. The first kappa shape index (κ1) is 23.7. The van der Waals surface area contributed by atoms with Gasteiger partial charge in [-0.05, 0) is 47.5 Å². The molecule has 0 unspecified atom stereocenters. The molecule has 4 rings (SSSR count). The SMILES string of the molecule is COc1ccc(C2(c3ccc(OC)cc3)NC(=O)N(CC(=O)Nc3c(F)cccc3F)C2=O)cc1. The van der Waals surface area contributed by atoms with Crippen LogP contribution < -0.4 is 20.1 Å². The lowest BCUT2D eigenvalue weighted by molar-refractivity contribution is -0.133. The topological polar surface area (TPSA) is 97.0 Å². The Kier molecular flexibility index (Phi) is 6.37. The van der Waals surface area contributed by atoms with Crippen molar-refractivity contribution in [3.05, 3.63) is 89.5 Å². The predicted octanol–water partition coefficient (Wildman–Crippen LogP) is 3.42. The van der Waals surface area contributed by atoms with Gasteiger partial charge < -0.3 is 20.1 Å². The molecule has 3 aromatic rings. The van der Waals surface area contributed by atoms with Gasteiger partial charge in [-0.25, -0.2) is 13.6 Å². The number of hydrogen-bond acceptors (Lipinski definition) is 5. The van der Waals surface area contributed by atoms with Gasteiger partial charge in [0.05, 0.1) is 14.2 Å². The van der Waals surface area contributed by atoms with Gasteiger partial charge in [0.2, 0.25) is 5.91 Å². The number of anilines is 1. The van der Waals surface area contributed by atoms with Crippen molar-refractivity contribution in [1.29, 1.82) is 0 Å². The summed E-state index contributed by atoms with van der Waals surface area (Å²) in [7, 11) is 2.99. The van der Waals surface area contributed by atoms with E-state index in [4.69, 9.17) is 9.47 Å². The lowest BCUT2D eigenvalue weighted by atomic mass is 9.82. The molecule has 3 aromatic carbocycles. The molecule has 1 fully saturated rings. The van der Waals surface area contributed by atoms with Crippen LogP contribution in [0.5, 0.6) is 11.5 Å². The van der Waals surface area contributed by atoms with Crippen LogP contribution in [-0.2, 0) is 15.1 Å². The second-order valence-corrected chi connectivity index (χ2v) is 7.67. The van der Waals surface area contributed by atoms with E-state index in [2.05, 4.69) is 10.6 Å². The van der Waals surface area contributed by atoms with Gasteiger partial charge in [-0.15, -0.1) is 0 Å². The van der Waals surface area contributed by atoms with Gasteiger partial charge in [-0.2, -0.15) is 0 Å². The number of halogens is 2. The first-order valence-electron chi connectivity index (χ1n) is 10.5. The fourth-order valence-electron chi connectivity index (χ4n) is 3.90. The number of carbonyl (C=O) groups is 3. The minimum Gasteiger partial charge on any atom is -0.497 e. The maximum absolute atomic E-state index is 13.9. The van der Waals surface area contributed by atoms with Crippen LogP contribution in [0.3, 0.4) is 0 Å². The van der Waals surface area contributed by atoms with Gasteiger partial charge in [0, 0.05) is 0 Å². The predicted molar refractivity (Wildman–Crippen MR) is 122 cm³/mol. The molecule has 0 radical (unpaired) electrons. The van der Waals surface area contributed by atoms with Crippen LogP contribution in [0, 0.1) is 11.6 Å². The molecule has 0 atom stereocenters. The third-order valence-corrected chi connectivity index (χ3v) is 5.68. The van der Waals surface area contributed by atoms with Gasteiger partial charge >= 0.3 is 6.03 Å². The van der Waals surface area contributed by atoms with E-state index >= 15 is 0 Å². The normalized spacial score (nSPS) is 14.5. The number of methoxy groups -OCH3 is 2. The smallest absolute Gasteiger partial charge is 0.326 e. The fourth-order valence-corrected chi connectivity index (χ4v) is 3.90. The number of nitrogens with one attached hydrogen (secondary N) is 2. The Labute approximate surface area is 199 Å². The highest BCUT2D eigenvalue weighted by Gasteiger charge is 2.54. The van der Waals surface area contributed by atoms with Gasteiger partial charge in [0.25, 0.3) is 5.91 Å². The number of hydrogen-bond donors (Lipinski definition) is 2. The molecule has 35 heavy (non-hydrogen) atoms. The van der Waals surface area contributed by atoms with E-state index in [9.17, 15) is 23.2 Å². The number of nitrogens with zero attached hydrogens (tertiary/aromatic N) is 1. The molecule has 4 amide bonds. The molecule has 0 aromatic heterocycles. The summed E-state index contributed by atoms with van der Waals surface area (Å²) in [5.41, 5.74) is -1.48. The summed E-state index contributed by atoms with van der Waals surface area (Å²) in [6, 6.07) is 15.3. The lowest BCUT2D eigenvalue weighted by Gasteiger charge is -2.28. The van der Waals surface area contributed by atoms with Gasteiger partial charge in [-0.1, -0.05) is 30.3 Å². The lowest BCUT2D eigenvalue weighted by Crippen LogP contribution is -2.45. The van der Waals surface area contributed by atoms with E-state index in [0.717, 1.165) is 18.2 Å². The fraction of sp³-hybridized carbons (Fsp3) is 0.160. The quantitative estimate of drug-likeness (QED) is 0.504. The minimum atomic E-state index is -1.65. The van der Waals surface area contributed by atoms with E-state index in [1.54, 1.807) is 48.5 Å². The van der Waals surface area contributed by atoms with Crippen molar-refractivity contribution < 1.29 is 32.6 Å². The molecule has 8 nitrogen and oxygen atoms in total. The standard InChI is InChI=1S/C25H21F2N3O5/c1-34-17-10-6-15(7-11-17)25(16-8-12-18(35-2)13-9-16)23(32)30(24(33)29-25)14-21(31)28-22-19(26)4-3-5-20(22)27/h3-13H,14H2,1-2H3,(H,28,31)(H,29,33). The van der Waals surface area contributed by atoms with Gasteiger partial charge in [0.1, 0.15) is 35.4 Å². The summed E-state index contributed by atoms with van der Waals surface area (Å²) < 4.78 is 38.2. The maximum Gasteiger partial charge on any atom is 0.326 e. The average molecular weight is 481 g/mol. The second kappa shape index (κ2) is 9.41. The monoisotopic (exact) mass is 481 g/mol. The second-order valence-electron chi connectivity index (χ2n) is 7.67. The van der Waals surface area contributed by atoms with Crippen LogP contribution in [0.4, 0.5) is 19.3 Å². The van der Waals surface area contributed by atoms with Crippen molar-refractivity contribution >= 4 is 23.5 Å². The van der Waals surface area contributed by atoms with Crippen molar-refractivity contribution in [3.8, 4) is 11.5 Å². The van der Waals surface area contributed by atoms with Gasteiger partial charge in [0.15, 0.2) is 5.54 Å². The molecule has 0 saturated carbocycles. The number of urea groups is 1. The van der Waals surface area contributed by atoms with E-state index < -0.39 is 47.3 Å². The summed E-state index contributed by atoms with van der Waals surface area (Å²) in [4.78, 5) is 39.9. The van der Waals surface area contributed by atoms with Crippen LogP contribution in [-0.4, -0.2) is 43.5 Å². The van der Waals surface area contributed by atoms with Gasteiger partial charge in [-0.3, -0.25) is 14.5 Å². The molecule has 0 bridgehead atoms. The Bertz CT molecular complexity index is 1210. The highest BCUT2D eigenvalue weighted by molar-refractivity contribution is 6.12. The molecule has 1 heterocycles. The number of carbonyl (C=O) groups excluding carboxylic acids is 3. The highest BCUT2D eigenvalue weighted by Crippen LogP contribution is 2.37. The summed E-state index contributed by atoms with van der Waals surface area (Å²) in [6.07, 6.45) is 0. The molecule has 10 heteroatoms. The molecule has 0 spiro atoms. The third-order valence-electron chi connectivity index (χ3n) is 5.68. The van der Waals surface area contributed by atoms with E-state index in [1.807, 2.05) is 0 Å². The Hall–Kier alpha value is -4.47. The van der Waals surface area contributed by atoms with Crippen LogP contribution in [0.15, 0.2) is 66.7 Å². The maximum atomic E-state index is 13.9. The molecule has 1 aliphatic heterocycles. The third kappa shape index (κ3) is 4.25. The zero-order valence-corrected chi connectivity index (χ0v) is 18.8. The van der Waals surface area contributed by atoms with Crippen molar-refractivity contribution in [2.75, 3.05) is 26.1 Å². The molecule has 180 valence electrons. The summed E-state index contributed by atoms with van der Waals surface area (Å²) >= 11 is 0. The van der Waals surface area contributed by atoms with Crippen LogP contribution in [0.1, 0.15) is 11.1 Å². The number of benzene rings is 3. The Morgan fingerprint density at radius 1 is 0.886 bits per heavy atom. The number of rotatable bonds is 7. The molecular weight excluding hydrogens is 460 g/mol. The Balaban J connectivity index is 1.69. The van der Waals surface area contributed by atoms with Crippen molar-refractivity contribution in [2.45, 2.75) is 5.54 Å². The van der Waals surface area contributed by atoms with Crippen LogP contribution in [0.25, 0.3) is 0 Å². The molecule has 1 saturated heterocycles. The van der Waals surface area contributed by atoms with E-state index in [-0.39, 0.29) is 0 Å². The summed E-state index contributed by atoms with van der Waals surface area (Å²) in [5.74, 6) is -2.57. The largest absolute Gasteiger partial charge is 0.497 e. The van der Waals surface area contributed by atoms with Crippen molar-refractivity contribution in [2.24, 2.45) is 0 Å². The molecule has 1 aliphatic rings. The number of ether oxygens (including phenoxy) is 2. The molecule has 2 N–H and O–H groups in total. The van der Waals surface area contributed by atoms with E-state index in [1.165, 1.54) is 14.2 Å². The average Bonchev–Trinajstić information content (AvgIpc) is 3.12. The molecule has 0 aliphatic carbocycles. The first-order chi connectivity index (χ1) is 16.8. The zero-order chi connectivity index (χ0) is 25.2. The number of imide groups is 1. The first-order valence-corrected chi connectivity index (χ1v) is 10.5. The number of para-hydroxylation sites is 1. The Morgan fingerprint density at radius 3 is 1.83 bits per heavy atom. The van der Waals surface area contributed by atoms with Crippen molar-refractivity contribution in [3.63, 3.8) is 0 Å². The van der Waals surface area contributed by atoms with Crippen molar-refractivity contribution in [1.82, 2.24) is 10.2 Å². The zero-order valence-electron chi connectivity index (χ0n) is 18.8.